The molecule has 0 saturated heterocycles. The number of hydrogen-bond donors (Lipinski definition) is 1. The summed E-state index contributed by atoms with van der Waals surface area (Å²) in [5, 5.41) is 3.71. The molecule has 2 unspecified atom stereocenters. The van der Waals surface area contributed by atoms with Crippen LogP contribution in [0.3, 0.4) is 0 Å². The third-order valence-corrected chi connectivity index (χ3v) is 4.95. The molecule has 1 N–H and O–H groups in total. The van der Waals surface area contributed by atoms with E-state index in [4.69, 9.17) is 0 Å². The molecule has 0 aromatic heterocycles. The Morgan fingerprint density at radius 2 is 2.00 bits per heavy atom. The number of benzene rings is 1. The fourth-order valence-corrected chi connectivity index (χ4v) is 3.51. The van der Waals surface area contributed by atoms with E-state index in [0.717, 1.165) is 18.0 Å². The summed E-state index contributed by atoms with van der Waals surface area (Å²) in [6.07, 6.45) is 6.87. The Kier molecular flexibility index (Phi) is 2.58. The smallest absolute Gasteiger partial charge is 0.0402 e. The van der Waals surface area contributed by atoms with Gasteiger partial charge in [0.25, 0.3) is 0 Å². The maximum Gasteiger partial charge on any atom is 0.0402 e. The van der Waals surface area contributed by atoms with Gasteiger partial charge in [-0.3, -0.25) is 0 Å². The van der Waals surface area contributed by atoms with Crippen molar-refractivity contribution in [3.8, 4) is 0 Å². The first-order valence-corrected chi connectivity index (χ1v) is 7.50. The highest BCUT2D eigenvalue weighted by atomic mass is 15.2. The molecule has 4 rings (SSSR count). The van der Waals surface area contributed by atoms with Crippen molar-refractivity contribution in [2.45, 2.75) is 44.2 Å². The second kappa shape index (κ2) is 4.27. The number of rotatable bonds is 4. The summed E-state index contributed by atoms with van der Waals surface area (Å²) < 4.78 is 0. The molecular weight excluding hydrogens is 220 g/mol. The van der Waals surface area contributed by atoms with E-state index in [0.29, 0.717) is 0 Å². The van der Waals surface area contributed by atoms with Crippen LogP contribution in [0.1, 0.15) is 31.2 Å². The van der Waals surface area contributed by atoms with Gasteiger partial charge in [-0.15, -0.1) is 0 Å². The van der Waals surface area contributed by atoms with Crippen LogP contribution in [0.5, 0.6) is 0 Å². The second-order valence-electron chi connectivity index (χ2n) is 6.16. The Morgan fingerprint density at radius 1 is 1.11 bits per heavy atom. The highest BCUT2D eigenvalue weighted by Gasteiger charge is 2.38. The molecule has 0 radical (unpaired) electrons. The van der Waals surface area contributed by atoms with Crippen LogP contribution in [0.2, 0.25) is 0 Å². The first kappa shape index (κ1) is 10.9. The van der Waals surface area contributed by atoms with Crippen LogP contribution in [0.4, 0.5) is 5.69 Å². The van der Waals surface area contributed by atoms with Gasteiger partial charge in [0, 0.05) is 30.9 Å². The zero-order chi connectivity index (χ0) is 11.9. The largest absolute Gasteiger partial charge is 0.368 e. The van der Waals surface area contributed by atoms with Gasteiger partial charge in [-0.05, 0) is 49.7 Å². The maximum atomic E-state index is 3.71. The first-order chi connectivity index (χ1) is 8.92. The van der Waals surface area contributed by atoms with Crippen molar-refractivity contribution < 1.29 is 0 Å². The molecule has 2 aliphatic carbocycles. The van der Waals surface area contributed by atoms with Crippen LogP contribution in [0, 0.1) is 5.92 Å². The average molecular weight is 242 g/mol. The normalized spacial score (nSPS) is 30.1. The minimum absolute atomic E-state index is 0.805. The summed E-state index contributed by atoms with van der Waals surface area (Å²) in [4.78, 5) is 2.68. The van der Waals surface area contributed by atoms with E-state index in [-0.39, 0.29) is 0 Å². The Labute approximate surface area is 109 Å². The molecule has 2 nitrogen and oxygen atoms in total. The lowest BCUT2D eigenvalue weighted by atomic mass is 9.78. The molecule has 2 saturated carbocycles. The molecule has 0 bridgehead atoms. The monoisotopic (exact) mass is 242 g/mol. The molecule has 96 valence electrons. The van der Waals surface area contributed by atoms with Gasteiger partial charge >= 0.3 is 0 Å². The molecule has 2 heteroatoms. The molecule has 1 aromatic rings. The lowest BCUT2D eigenvalue weighted by Gasteiger charge is -2.44. The van der Waals surface area contributed by atoms with Crippen LogP contribution < -0.4 is 10.2 Å². The number of anilines is 1. The van der Waals surface area contributed by atoms with Crippen LogP contribution in [-0.4, -0.2) is 25.2 Å². The third kappa shape index (κ3) is 1.83. The van der Waals surface area contributed by atoms with E-state index in [1.807, 2.05) is 0 Å². The van der Waals surface area contributed by atoms with Gasteiger partial charge in [-0.25, -0.2) is 0 Å². The standard InChI is InChI=1S/C16H22N2/c1-2-4-15-12(3-1)9-10-18(15)16-8-5-13(16)11-17-14-6-7-14/h1-4,13-14,16-17H,5-11H2. The van der Waals surface area contributed by atoms with E-state index >= 15 is 0 Å². The molecule has 2 atom stereocenters. The van der Waals surface area contributed by atoms with Crippen molar-refractivity contribution in [3.63, 3.8) is 0 Å². The number of hydrogen-bond acceptors (Lipinski definition) is 2. The highest BCUT2D eigenvalue weighted by molar-refractivity contribution is 5.59. The SMILES string of the molecule is c1ccc2c(c1)CCN2C1CCC1CNC1CC1. The van der Waals surface area contributed by atoms with Crippen molar-refractivity contribution in [1.82, 2.24) is 5.32 Å². The Bertz CT molecular complexity index is 438. The molecule has 2 fully saturated rings. The number of nitrogens with zero attached hydrogens (tertiary/aromatic N) is 1. The third-order valence-electron chi connectivity index (χ3n) is 4.95. The van der Waals surface area contributed by atoms with Crippen LogP contribution in [0.15, 0.2) is 24.3 Å². The minimum Gasteiger partial charge on any atom is -0.368 e. The molecular formula is C16H22N2. The van der Waals surface area contributed by atoms with Gasteiger partial charge in [0.05, 0.1) is 0 Å². The number of fused-ring (bicyclic) bond motifs is 1. The van der Waals surface area contributed by atoms with Gasteiger partial charge in [0.15, 0.2) is 0 Å². The first-order valence-electron chi connectivity index (χ1n) is 7.50. The topological polar surface area (TPSA) is 15.3 Å². The molecule has 1 aliphatic heterocycles. The lowest BCUT2D eigenvalue weighted by molar-refractivity contribution is 0.236. The highest BCUT2D eigenvalue weighted by Crippen LogP contribution is 2.39. The maximum absolute atomic E-state index is 3.71. The fourth-order valence-electron chi connectivity index (χ4n) is 3.51. The van der Waals surface area contributed by atoms with Crippen molar-refractivity contribution >= 4 is 5.69 Å². The van der Waals surface area contributed by atoms with E-state index in [9.17, 15) is 0 Å². The Hall–Kier alpha value is -1.02. The summed E-state index contributed by atoms with van der Waals surface area (Å²) in [5.74, 6) is 0.886. The number of para-hydroxylation sites is 1. The quantitative estimate of drug-likeness (QED) is 0.873. The van der Waals surface area contributed by atoms with Gasteiger partial charge in [0.1, 0.15) is 0 Å². The summed E-state index contributed by atoms with van der Waals surface area (Å²) in [6, 6.07) is 10.6. The zero-order valence-electron chi connectivity index (χ0n) is 10.9. The van der Waals surface area contributed by atoms with Gasteiger partial charge in [0.2, 0.25) is 0 Å². The van der Waals surface area contributed by atoms with E-state index < -0.39 is 0 Å². The molecule has 3 aliphatic rings. The van der Waals surface area contributed by atoms with Crippen LogP contribution in [0.25, 0.3) is 0 Å². The number of nitrogens with one attached hydrogen (secondary N) is 1. The summed E-state index contributed by atoms with van der Waals surface area (Å²) in [5.41, 5.74) is 3.07. The molecule has 1 aromatic carbocycles. The average Bonchev–Trinajstić information content (AvgIpc) is 3.10. The Balaban J connectivity index is 1.44. The summed E-state index contributed by atoms with van der Waals surface area (Å²) in [7, 11) is 0. The lowest BCUT2D eigenvalue weighted by Crippen LogP contribution is -2.50. The van der Waals surface area contributed by atoms with Gasteiger partial charge < -0.3 is 10.2 Å². The van der Waals surface area contributed by atoms with Crippen molar-refractivity contribution in [3.05, 3.63) is 29.8 Å². The minimum atomic E-state index is 0.805. The van der Waals surface area contributed by atoms with Crippen molar-refractivity contribution in [2.75, 3.05) is 18.0 Å². The van der Waals surface area contributed by atoms with Crippen molar-refractivity contribution in [1.29, 1.82) is 0 Å². The molecule has 0 spiro atoms. The van der Waals surface area contributed by atoms with E-state index in [2.05, 4.69) is 34.5 Å². The zero-order valence-corrected chi connectivity index (χ0v) is 10.9. The fraction of sp³-hybridized carbons (Fsp3) is 0.625. The summed E-state index contributed by atoms with van der Waals surface area (Å²) >= 11 is 0. The van der Waals surface area contributed by atoms with E-state index in [1.165, 1.54) is 50.9 Å². The van der Waals surface area contributed by atoms with Gasteiger partial charge in [-0.2, -0.15) is 0 Å². The predicted molar refractivity (Wildman–Crippen MR) is 75.0 cm³/mol. The Morgan fingerprint density at radius 3 is 2.78 bits per heavy atom. The molecule has 18 heavy (non-hydrogen) atoms. The van der Waals surface area contributed by atoms with Crippen LogP contribution >= 0.6 is 0 Å². The van der Waals surface area contributed by atoms with E-state index in [1.54, 1.807) is 5.56 Å². The second-order valence-corrected chi connectivity index (χ2v) is 6.16. The van der Waals surface area contributed by atoms with Gasteiger partial charge in [-0.1, -0.05) is 18.2 Å². The molecule has 0 amide bonds. The predicted octanol–water partition coefficient (Wildman–Crippen LogP) is 2.58. The van der Waals surface area contributed by atoms with Crippen LogP contribution in [-0.2, 0) is 6.42 Å². The summed E-state index contributed by atoms with van der Waals surface area (Å²) in [6.45, 7) is 2.48. The van der Waals surface area contributed by atoms with Crippen molar-refractivity contribution in [2.24, 2.45) is 5.92 Å². The molecule has 1 heterocycles.